The van der Waals surface area contributed by atoms with Gasteiger partial charge in [0.05, 0.1) is 23.0 Å². The van der Waals surface area contributed by atoms with Crippen molar-refractivity contribution in [3.8, 4) is 0 Å². The van der Waals surface area contributed by atoms with Crippen molar-refractivity contribution in [1.29, 1.82) is 0 Å². The van der Waals surface area contributed by atoms with Crippen molar-refractivity contribution in [2.24, 2.45) is 5.41 Å². The van der Waals surface area contributed by atoms with Crippen LogP contribution in [-0.2, 0) is 21.4 Å². The van der Waals surface area contributed by atoms with Crippen LogP contribution in [0, 0.1) is 5.41 Å². The van der Waals surface area contributed by atoms with Gasteiger partial charge in [-0.05, 0) is 48.9 Å². The molecular weight excluding hydrogens is 469 g/mol. The number of rotatable bonds is 6. The van der Waals surface area contributed by atoms with Crippen LogP contribution in [0.4, 0.5) is 18.9 Å². The highest BCUT2D eigenvalue weighted by molar-refractivity contribution is 5.88. The van der Waals surface area contributed by atoms with Crippen molar-refractivity contribution in [1.82, 2.24) is 15.2 Å². The van der Waals surface area contributed by atoms with Crippen LogP contribution in [0.5, 0.6) is 0 Å². The molecule has 0 unspecified atom stereocenters. The Morgan fingerprint density at radius 2 is 1.78 bits per heavy atom. The Morgan fingerprint density at radius 1 is 1.11 bits per heavy atom. The molecular formula is C27H31F3N4O2. The van der Waals surface area contributed by atoms with Gasteiger partial charge in [0.2, 0.25) is 11.8 Å². The smallest absolute Gasteiger partial charge is 0.380 e. The zero-order valence-electron chi connectivity index (χ0n) is 20.9. The molecule has 4 aliphatic carbocycles. The SMILES string of the molecule is CC(=O)NC12CC(C(=O)N(C)[C@@H](c3ccc(N[C@H]4Cc5ccccc5C4(C)C)cn3)C(F)(F)F)(C1)C2. The second kappa shape index (κ2) is 7.95. The van der Waals surface area contributed by atoms with E-state index in [1.54, 1.807) is 6.07 Å². The number of carbonyl (C=O) groups is 2. The maximum absolute atomic E-state index is 14.2. The van der Waals surface area contributed by atoms with E-state index >= 15 is 0 Å². The molecule has 192 valence electrons. The summed E-state index contributed by atoms with van der Waals surface area (Å²) in [5.74, 6) is -0.744. The zero-order valence-corrected chi connectivity index (χ0v) is 20.9. The Labute approximate surface area is 208 Å². The standard InChI is InChI=1S/C27H31F3N4O2/c1-16(35)33-26-13-25(14-26,15-26)23(36)34(4)22(27(28,29)30)20-10-9-18(12-31-20)32-21-11-17-7-5-6-8-19(17)24(21,2)3/h5-10,12,21-22,32H,11,13-15H2,1-4H3,(H,33,35)/t21-,22-,25?,26?/m0/s1. The maximum Gasteiger partial charge on any atom is 0.414 e. The Balaban J connectivity index is 1.30. The number of hydrogen-bond acceptors (Lipinski definition) is 4. The molecule has 4 aliphatic rings. The van der Waals surface area contributed by atoms with Crippen molar-refractivity contribution in [2.45, 2.75) is 75.7 Å². The number of alkyl halides is 3. The molecule has 2 amide bonds. The van der Waals surface area contributed by atoms with Crippen molar-refractivity contribution in [3.63, 3.8) is 0 Å². The summed E-state index contributed by atoms with van der Waals surface area (Å²) < 4.78 is 42.5. The molecule has 2 bridgehead atoms. The molecule has 0 radical (unpaired) electrons. The molecule has 3 fully saturated rings. The number of fused-ring (bicyclic) bond motifs is 1. The molecule has 1 heterocycles. The van der Waals surface area contributed by atoms with Gasteiger partial charge in [-0.2, -0.15) is 13.2 Å². The van der Waals surface area contributed by atoms with Gasteiger partial charge in [0.25, 0.3) is 0 Å². The lowest BCUT2D eigenvalue weighted by Crippen LogP contribution is -2.78. The first-order chi connectivity index (χ1) is 16.8. The average Bonchev–Trinajstić information content (AvgIpc) is 2.99. The lowest BCUT2D eigenvalue weighted by atomic mass is 9.39. The summed E-state index contributed by atoms with van der Waals surface area (Å²) in [6.45, 7) is 5.70. The van der Waals surface area contributed by atoms with Gasteiger partial charge in [0.15, 0.2) is 6.04 Å². The summed E-state index contributed by atoms with van der Waals surface area (Å²) in [5, 5.41) is 6.27. The first kappa shape index (κ1) is 24.6. The van der Waals surface area contributed by atoms with Gasteiger partial charge in [-0.3, -0.25) is 14.6 Å². The van der Waals surface area contributed by atoms with Crippen LogP contribution >= 0.6 is 0 Å². The normalized spacial score (nSPS) is 28.2. The predicted octanol–water partition coefficient (Wildman–Crippen LogP) is 4.52. The van der Waals surface area contributed by atoms with Gasteiger partial charge in [-0.1, -0.05) is 38.1 Å². The molecule has 0 saturated heterocycles. The first-order valence-electron chi connectivity index (χ1n) is 12.2. The van der Waals surface area contributed by atoms with Gasteiger partial charge >= 0.3 is 6.18 Å². The largest absolute Gasteiger partial charge is 0.414 e. The van der Waals surface area contributed by atoms with Gasteiger partial charge < -0.3 is 15.5 Å². The molecule has 0 spiro atoms. The number of pyridine rings is 1. The topological polar surface area (TPSA) is 74.3 Å². The minimum absolute atomic E-state index is 0.0745. The highest BCUT2D eigenvalue weighted by Crippen LogP contribution is 2.68. The molecule has 1 aromatic heterocycles. The maximum atomic E-state index is 14.2. The fraction of sp³-hybridized carbons (Fsp3) is 0.519. The van der Waals surface area contributed by atoms with Crippen LogP contribution in [0.1, 0.15) is 62.9 Å². The van der Waals surface area contributed by atoms with Crippen molar-refractivity contribution >= 4 is 17.5 Å². The molecule has 2 atom stereocenters. The van der Waals surface area contributed by atoms with Crippen LogP contribution in [0.25, 0.3) is 0 Å². The van der Waals surface area contributed by atoms with E-state index in [-0.39, 0.29) is 23.1 Å². The number of carbonyl (C=O) groups excluding carboxylic acids is 2. The van der Waals surface area contributed by atoms with E-state index in [9.17, 15) is 22.8 Å². The predicted molar refractivity (Wildman–Crippen MR) is 129 cm³/mol. The molecule has 1 aromatic carbocycles. The zero-order chi connectivity index (χ0) is 26.1. The minimum Gasteiger partial charge on any atom is -0.380 e. The molecule has 6 nitrogen and oxygen atoms in total. The number of amides is 2. The quantitative estimate of drug-likeness (QED) is 0.612. The first-order valence-corrected chi connectivity index (χ1v) is 12.2. The minimum atomic E-state index is -4.68. The van der Waals surface area contributed by atoms with Gasteiger partial charge in [0.1, 0.15) is 0 Å². The fourth-order valence-electron chi connectivity index (χ4n) is 6.67. The lowest BCUT2D eigenvalue weighted by molar-refractivity contribution is -0.215. The molecule has 2 aromatic rings. The van der Waals surface area contributed by atoms with E-state index in [2.05, 4.69) is 41.6 Å². The Hall–Kier alpha value is -3.10. The van der Waals surface area contributed by atoms with E-state index in [1.165, 1.54) is 37.4 Å². The highest BCUT2D eigenvalue weighted by atomic mass is 19.4. The molecule has 36 heavy (non-hydrogen) atoms. The van der Waals surface area contributed by atoms with Gasteiger partial charge in [-0.25, -0.2) is 0 Å². The molecule has 6 rings (SSSR count). The lowest BCUT2D eigenvalue weighted by Gasteiger charge is -2.69. The van der Waals surface area contributed by atoms with E-state index in [0.717, 1.165) is 11.3 Å². The number of aromatic nitrogens is 1. The molecule has 2 N–H and O–H groups in total. The second-order valence-corrected chi connectivity index (χ2v) is 11.4. The third-order valence-corrected chi connectivity index (χ3v) is 8.36. The van der Waals surface area contributed by atoms with Crippen LogP contribution in [-0.4, -0.2) is 46.5 Å². The van der Waals surface area contributed by atoms with Crippen molar-refractivity contribution in [2.75, 3.05) is 12.4 Å². The summed E-state index contributed by atoms with van der Waals surface area (Å²) in [5.41, 5.74) is 1.53. The number of nitrogens with one attached hydrogen (secondary N) is 2. The summed E-state index contributed by atoms with van der Waals surface area (Å²) in [7, 11) is 1.19. The highest BCUT2D eigenvalue weighted by Gasteiger charge is 2.73. The van der Waals surface area contributed by atoms with Gasteiger partial charge in [0, 0.05) is 31.0 Å². The number of benzene rings is 1. The monoisotopic (exact) mass is 500 g/mol. The van der Waals surface area contributed by atoms with E-state index in [0.29, 0.717) is 24.9 Å². The summed E-state index contributed by atoms with van der Waals surface area (Å²) in [4.78, 5) is 29.4. The number of anilines is 1. The van der Waals surface area contributed by atoms with Crippen LogP contribution in [0.3, 0.4) is 0 Å². The number of halogens is 3. The third kappa shape index (κ3) is 3.83. The molecule has 0 aliphatic heterocycles. The Bertz CT molecular complexity index is 1190. The fourth-order valence-corrected chi connectivity index (χ4v) is 6.67. The van der Waals surface area contributed by atoms with Crippen molar-refractivity contribution in [3.05, 3.63) is 59.4 Å². The van der Waals surface area contributed by atoms with Crippen LogP contribution in [0.15, 0.2) is 42.6 Å². The number of nitrogens with zero attached hydrogens (tertiary/aromatic N) is 2. The Kier molecular flexibility index (Phi) is 5.43. The summed E-state index contributed by atoms with van der Waals surface area (Å²) >= 11 is 0. The van der Waals surface area contributed by atoms with E-state index in [1.807, 2.05) is 12.1 Å². The molecule has 9 heteroatoms. The Morgan fingerprint density at radius 3 is 2.33 bits per heavy atom. The van der Waals surface area contributed by atoms with Crippen LogP contribution in [0.2, 0.25) is 0 Å². The van der Waals surface area contributed by atoms with Crippen LogP contribution < -0.4 is 10.6 Å². The third-order valence-electron chi connectivity index (χ3n) is 8.36. The van der Waals surface area contributed by atoms with Gasteiger partial charge in [-0.15, -0.1) is 0 Å². The second-order valence-electron chi connectivity index (χ2n) is 11.4. The van der Waals surface area contributed by atoms with Crippen molar-refractivity contribution < 1.29 is 22.8 Å². The van der Waals surface area contributed by atoms with E-state index < -0.39 is 29.1 Å². The summed E-state index contributed by atoms with van der Waals surface area (Å²) in [6.07, 6.45) is -1.32. The summed E-state index contributed by atoms with van der Waals surface area (Å²) in [6, 6.07) is 9.12. The van der Waals surface area contributed by atoms with E-state index in [4.69, 9.17) is 0 Å². The number of hydrogen-bond donors (Lipinski definition) is 2. The molecule has 3 saturated carbocycles. The average molecular weight is 501 g/mol.